The molecule has 6 rings (SSSR count). The molecule has 3 aromatic carbocycles. The Morgan fingerprint density at radius 2 is 1.79 bits per heavy atom. The van der Waals surface area contributed by atoms with Crippen molar-refractivity contribution in [3.63, 3.8) is 0 Å². The Morgan fingerprint density at radius 3 is 2.64 bits per heavy atom. The van der Waals surface area contributed by atoms with Crippen LogP contribution in [0.3, 0.4) is 0 Å². The van der Waals surface area contributed by atoms with Crippen LogP contribution in [-0.2, 0) is 0 Å². The van der Waals surface area contributed by atoms with Crippen molar-refractivity contribution in [1.82, 2.24) is 15.1 Å². The maximum Gasteiger partial charge on any atom is 0.277 e. The number of para-hydroxylation sites is 1. The van der Waals surface area contributed by atoms with Crippen LogP contribution in [0.1, 0.15) is 16.1 Å². The summed E-state index contributed by atoms with van der Waals surface area (Å²) in [6, 6.07) is 24.6. The van der Waals surface area contributed by atoms with E-state index in [0.29, 0.717) is 17.2 Å². The molecule has 3 heterocycles. The molecule has 2 N–H and O–H groups in total. The number of fused-ring (bicyclic) bond motifs is 2. The molecule has 0 unspecified atom stereocenters. The first-order chi connectivity index (χ1) is 16.1. The molecule has 7 heteroatoms. The monoisotopic (exact) mass is 434 g/mol. The number of aryl methyl sites for hydroxylation is 1. The lowest BCUT2D eigenvalue weighted by atomic mass is 10.2. The fourth-order valence-electron chi connectivity index (χ4n) is 3.77. The van der Waals surface area contributed by atoms with Gasteiger partial charge in [-0.1, -0.05) is 29.4 Å². The van der Waals surface area contributed by atoms with Crippen LogP contribution in [-0.4, -0.2) is 21.0 Å². The van der Waals surface area contributed by atoms with E-state index >= 15 is 0 Å². The van der Waals surface area contributed by atoms with Crippen LogP contribution in [0.15, 0.2) is 87.8 Å². The number of imidazole rings is 1. The van der Waals surface area contributed by atoms with Gasteiger partial charge in [-0.15, -0.1) is 0 Å². The molecule has 6 aromatic rings. The predicted molar refractivity (Wildman–Crippen MR) is 126 cm³/mol. The SMILES string of the molecule is Cc1ccc2nc(-c3ccc(NC(=O)c4cc(-c5cc6ccccc6o5)on4)cc3)[nH]c2c1. The largest absolute Gasteiger partial charge is 0.453 e. The van der Waals surface area contributed by atoms with E-state index in [1.54, 1.807) is 6.07 Å². The van der Waals surface area contributed by atoms with E-state index in [-0.39, 0.29) is 11.6 Å². The Morgan fingerprint density at radius 1 is 0.939 bits per heavy atom. The van der Waals surface area contributed by atoms with Crippen molar-refractivity contribution >= 4 is 33.6 Å². The second-order valence-corrected chi connectivity index (χ2v) is 7.86. The minimum Gasteiger partial charge on any atom is -0.453 e. The first-order valence-electron chi connectivity index (χ1n) is 10.5. The maximum absolute atomic E-state index is 12.7. The summed E-state index contributed by atoms with van der Waals surface area (Å²) < 4.78 is 11.1. The number of hydrogen-bond donors (Lipinski definition) is 2. The maximum atomic E-state index is 12.7. The van der Waals surface area contributed by atoms with Crippen LogP contribution in [0.2, 0.25) is 0 Å². The second kappa shape index (κ2) is 7.49. The summed E-state index contributed by atoms with van der Waals surface area (Å²) in [4.78, 5) is 20.6. The first-order valence-corrected chi connectivity index (χ1v) is 10.5. The predicted octanol–water partition coefficient (Wildman–Crippen LogP) is 6.19. The lowest BCUT2D eigenvalue weighted by molar-refractivity contribution is 0.101. The molecule has 0 radical (unpaired) electrons. The number of hydrogen-bond acceptors (Lipinski definition) is 5. The number of carbonyl (C=O) groups is 1. The number of nitrogens with one attached hydrogen (secondary N) is 2. The van der Waals surface area contributed by atoms with Gasteiger partial charge in [0.2, 0.25) is 5.76 Å². The molecule has 0 saturated heterocycles. The molecule has 1 amide bonds. The van der Waals surface area contributed by atoms with Gasteiger partial charge in [-0.05, 0) is 61.0 Å². The van der Waals surface area contributed by atoms with Crippen molar-refractivity contribution in [3.05, 3.63) is 90.1 Å². The van der Waals surface area contributed by atoms with Crippen molar-refractivity contribution in [3.8, 4) is 22.9 Å². The third kappa shape index (κ3) is 3.55. The molecule has 33 heavy (non-hydrogen) atoms. The summed E-state index contributed by atoms with van der Waals surface area (Å²) >= 11 is 0. The van der Waals surface area contributed by atoms with Gasteiger partial charge in [0.1, 0.15) is 11.4 Å². The highest BCUT2D eigenvalue weighted by Gasteiger charge is 2.17. The molecule has 0 atom stereocenters. The van der Waals surface area contributed by atoms with E-state index in [4.69, 9.17) is 8.94 Å². The quantitative estimate of drug-likeness (QED) is 0.345. The zero-order chi connectivity index (χ0) is 22.4. The number of furan rings is 1. The van der Waals surface area contributed by atoms with Gasteiger partial charge in [-0.3, -0.25) is 4.79 Å². The fourth-order valence-corrected chi connectivity index (χ4v) is 3.77. The second-order valence-electron chi connectivity index (χ2n) is 7.86. The first kappa shape index (κ1) is 19.1. The Bertz CT molecular complexity index is 1590. The molecule has 0 saturated carbocycles. The van der Waals surface area contributed by atoms with Gasteiger partial charge in [-0.25, -0.2) is 4.98 Å². The van der Waals surface area contributed by atoms with E-state index < -0.39 is 0 Å². The number of benzene rings is 3. The van der Waals surface area contributed by atoms with Crippen LogP contribution >= 0.6 is 0 Å². The van der Waals surface area contributed by atoms with E-state index in [2.05, 4.69) is 26.5 Å². The minimum absolute atomic E-state index is 0.169. The number of H-pyrrole nitrogens is 1. The zero-order valence-corrected chi connectivity index (χ0v) is 17.6. The van der Waals surface area contributed by atoms with Gasteiger partial charge in [0.05, 0.1) is 11.0 Å². The molecule has 7 nitrogen and oxygen atoms in total. The van der Waals surface area contributed by atoms with E-state index in [9.17, 15) is 4.79 Å². The normalized spacial score (nSPS) is 11.3. The van der Waals surface area contributed by atoms with Crippen molar-refractivity contribution in [1.29, 1.82) is 0 Å². The van der Waals surface area contributed by atoms with Crippen molar-refractivity contribution in [2.75, 3.05) is 5.32 Å². The number of rotatable bonds is 4. The van der Waals surface area contributed by atoms with Gasteiger partial charge in [0, 0.05) is 22.7 Å². The van der Waals surface area contributed by atoms with Gasteiger partial charge < -0.3 is 19.2 Å². The third-order valence-electron chi connectivity index (χ3n) is 5.46. The van der Waals surface area contributed by atoms with Crippen LogP contribution in [0.4, 0.5) is 5.69 Å². The van der Waals surface area contributed by atoms with Crippen LogP contribution in [0.5, 0.6) is 0 Å². The van der Waals surface area contributed by atoms with Crippen molar-refractivity contribution < 1.29 is 13.7 Å². The van der Waals surface area contributed by atoms with Crippen molar-refractivity contribution in [2.45, 2.75) is 6.92 Å². The van der Waals surface area contributed by atoms with E-state index in [0.717, 1.165) is 33.4 Å². The fraction of sp³-hybridized carbons (Fsp3) is 0.0385. The van der Waals surface area contributed by atoms with E-state index in [1.165, 1.54) is 5.56 Å². The summed E-state index contributed by atoms with van der Waals surface area (Å²) in [7, 11) is 0. The minimum atomic E-state index is -0.368. The summed E-state index contributed by atoms with van der Waals surface area (Å²) in [5.41, 5.74) is 5.57. The topological polar surface area (TPSA) is 97.0 Å². The molecule has 0 aliphatic carbocycles. The van der Waals surface area contributed by atoms with Crippen LogP contribution in [0, 0.1) is 6.92 Å². The number of amides is 1. The highest BCUT2D eigenvalue weighted by atomic mass is 16.5. The van der Waals surface area contributed by atoms with E-state index in [1.807, 2.05) is 73.7 Å². The zero-order valence-electron chi connectivity index (χ0n) is 17.6. The number of nitrogens with zero attached hydrogens (tertiary/aromatic N) is 2. The molecule has 0 aliphatic rings. The Hall–Kier alpha value is -4.65. The highest BCUT2D eigenvalue weighted by molar-refractivity contribution is 6.03. The van der Waals surface area contributed by atoms with Gasteiger partial charge in [-0.2, -0.15) is 0 Å². The molecule has 160 valence electrons. The number of anilines is 1. The van der Waals surface area contributed by atoms with Crippen LogP contribution < -0.4 is 5.32 Å². The Balaban J connectivity index is 1.19. The Kier molecular flexibility index (Phi) is 4.33. The molecular weight excluding hydrogens is 416 g/mol. The summed E-state index contributed by atoms with van der Waals surface area (Å²) in [6.07, 6.45) is 0. The average Bonchev–Trinajstić information content (AvgIpc) is 3.56. The molecule has 0 bridgehead atoms. The average molecular weight is 434 g/mol. The number of aromatic nitrogens is 3. The van der Waals surface area contributed by atoms with Crippen molar-refractivity contribution in [2.24, 2.45) is 0 Å². The lowest BCUT2D eigenvalue weighted by Crippen LogP contribution is -2.11. The molecular formula is C26H18N4O3. The molecule has 0 spiro atoms. The number of aromatic amines is 1. The third-order valence-corrected chi connectivity index (χ3v) is 5.46. The Labute approximate surface area is 188 Å². The smallest absolute Gasteiger partial charge is 0.277 e. The molecule has 0 aliphatic heterocycles. The highest BCUT2D eigenvalue weighted by Crippen LogP contribution is 2.28. The number of carbonyl (C=O) groups excluding carboxylic acids is 1. The van der Waals surface area contributed by atoms with Gasteiger partial charge >= 0.3 is 0 Å². The molecule has 0 fully saturated rings. The summed E-state index contributed by atoms with van der Waals surface area (Å²) in [5.74, 6) is 1.33. The van der Waals surface area contributed by atoms with Gasteiger partial charge in [0.25, 0.3) is 5.91 Å². The molecule has 3 aromatic heterocycles. The standard InChI is InChI=1S/C26H18N4O3/c1-15-6-11-19-20(12-15)29-25(28-19)16-7-9-18(10-8-16)27-26(31)21-14-24(33-30-21)23-13-17-4-2-3-5-22(17)32-23/h2-14H,1H3,(H,27,31)(H,28,29). The summed E-state index contributed by atoms with van der Waals surface area (Å²) in [5, 5.41) is 7.69. The van der Waals surface area contributed by atoms with Crippen LogP contribution in [0.25, 0.3) is 44.9 Å². The van der Waals surface area contributed by atoms with Gasteiger partial charge in [0.15, 0.2) is 11.5 Å². The summed E-state index contributed by atoms with van der Waals surface area (Å²) in [6.45, 7) is 2.05. The lowest BCUT2D eigenvalue weighted by Gasteiger charge is -2.03.